The van der Waals surface area contributed by atoms with Gasteiger partial charge in [0.2, 0.25) is 0 Å². The van der Waals surface area contributed by atoms with Gasteiger partial charge in [-0.2, -0.15) is 0 Å². The van der Waals surface area contributed by atoms with Crippen LogP contribution < -0.4 is 10.5 Å². The molecule has 1 aliphatic rings. The number of hydrogen-bond donors (Lipinski definition) is 1. The van der Waals surface area contributed by atoms with Gasteiger partial charge in [0.15, 0.2) is 11.6 Å². The number of benzene rings is 1. The molecule has 16 heavy (non-hydrogen) atoms. The molecule has 0 heterocycles. The van der Waals surface area contributed by atoms with Gasteiger partial charge in [-0.05, 0) is 55.3 Å². The van der Waals surface area contributed by atoms with Gasteiger partial charge in [-0.3, -0.25) is 0 Å². The lowest BCUT2D eigenvalue weighted by Crippen LogP contribution is -2.24. The molecule has 3 heteroatoms. The Morgan fingerprint density at radius 1 is 1.44 bits per heavy atom. The average molecular weight is 223 g/mol. The Morgan fingerprint density at radius 2 is 2.19 bits per heavy atom. The topological polar surface area (TPSA) is 35.2 Å². The predicted octanol–water partition coefficient (Wildman–Crippen LogP) is 2.68. The highest BCUT2D eigenvalue weighted by Gasteiger charge is 2.29. The molecule has 2 nitrogen and oxygen atoms in total. The average Bonchev–Trinajstić information content (AvgIpc) is 2.22. The van der Waals surface area contributed by atoms with Crippen molar-refractivity contribution in [2.24, 2.45) is 11.7 Å². The molecule has 1 fully saturated rings. The van der Waals surface area contributed by atoms with Crippen LogP contribution in [0.4, 0.5) is 4.39 Å². The zero-order valence-corrected chi connectivity index (χ0v) is 9.58. The van der Waals surface area contributed by atoms with E-state index in [1.807, 2.05) is 6.07 Å². The summed E-state index contributed by atoms with van der Waals surface area (Å²) in [6.07, 6.45) is 3.38. The molecule has 0 atom stereocenters. The first-order chi connectivity index (χ1) is 7.74. The minimum absolute atomic E-state index is 0.262. The standard InChI is InChI=1S/C13H18FNO/c1-16-13-3-2-10(8-12(13)14)11-6-9(7-11)4-5-15/h2-3,8-9,11H,4-7,15H2,1H3. The van der Waals surface area contributed by atoms with E-state index in [4.69, 9.17) is 10.5 Å². The molecule has 0 unspecified atom stereocenters. The summed E-state index contributed by atoms with van der Waals surface area (Å²) < 4.78 is 18.4. The van der Waals surface area contributed by atoms with E-state index in [1.165, 1.54) is 7.11 Å². The fourth-order valence-corrected chi connectivity index (χ4v) is 2.42. The zero-order chi connectivity index (χ0) is 11.5. The van der Waals surface area contributed by atoms with Crippen molar-refractivity contribution in [2.75, 3.05) is 13.7 Å². The smallest absolute Gasteiger partial charge is 0.165 e. The van der Waals surface area contributed by atoms with Crippen LogP contribution in [0.3, 0.4) is 0 Å². The van der Waals surface area contributed by atoms with Crippen LogP contribution >= 0.6 is 0 Å². The summed E-state index contributed by atoms with van der Waals surface area (Å²) in [7, 11) is 1.48. The van der Waals surface area contributed by atoms with Crippen LogP contribution in [0.25, 0.3) is 0 Å². The normalized spacial score (nSPS) is 23.9. The van der Waals surface area contributed by atoms with Crippen molar-refractivity contribution in [2.45, 2.75) is 25.2 Å². The van der Waals surface area contributed by atoms with Crippen LogP contribution in [-0.4, -0.2) is 13.7 Å². The highest BCUT2D eigenvalue weighted by Crippen LogP contribution is 2.43. The van der Waals surface area contributed by atoms with Crippen molar-refractivity contribution in [3.63, 3.8) is 0 Å². The number of nitrogens with two attached hydrogens (primary N) is 1. The first-order valence-electron chi connectivity index (χ1n) is 5.78. The molecule has 1 saturated carbocycles. The van der Waals surface area contributed by atoms with Crippen molar-refractivity contribution in [3.05, 3.63) is 29.6 Å². The SMILES string of the molecule is COc1ccc(C2CC(CCN)C2)cc1F. The molecule has 0 aromatic heterocycles. The molecule has 1 aliphatic carbocycles. The molecule has 0 amide bonds. The van der Waals surface area contributed by atoms with E-state index in [1.54, 1.807) is 12.1 Å². The van der Waals surface area contributed by atoms with E-state index in [0.29, 0.717) is 11.7 Å². The largest absolute Gasteiger partial charge is 0.494 e. The van der Waals surface area contributed by atoms with Gasteiger partial charge >= 0.3 is 0 Å². The zero-order valence-electron chi connectivity index (χ0n) is 9.58. The van der Waals surface area contributed by atoms with Crippen LogP contribution in [0.2, 0.25) is 0 Å². The molecule has 2 N–H and O–H groups in total. The molecule has 0 aliphatic heterocycles. The number of rotatable bonds is 4. The second kappa shape index (κ2) is 4.83. The fourth-order valence-electron chi connectivity index (χ4n) is 2.42. The lowest BCUT2D eigenvalue weighted by molar-refractivity contribution is 0.250. The van der Waals surface area contributed by atoms with Gasteiger partial charge in [-0.15, -0.1) is 0 Å². The third-order valence-corrected chi connectivity index (χ3v) is 3.46. The molecule has 1 aromatic carbocycles. The van der Waals surface area contributed by atoms with Crippen molar-refractivity contribution in [1.29, 1.82) is 0 Å². The molecule has 2 rings (SSSR count). The second-order valence-corrected chi connectivity index (χ2v) is 4.51. The van der Waals surface area contributed by atoms with E-state index in [2.05, 4.69) is 0 Å². The molecule has 0 radical (unpaired) electrons. The second-order valence-electron chi connectivity index (χ2n) is 4.51. The van der Waals surface area contributed by atoms with E-state index in [-0.39, 0.29) is 5.82 Å². The van der Waals surface area contributed by atoms with Crippen molar-refractivity contribution in [1.82, 2.24) is 0 Å². The highest BCUT2D eigenvalue weighted by atomic mass is 19.1. The number of halogens is 1. The molecule has 1 aromatic rings. The van der Waals surface area contributed by atoms with Gasteiger partial charge in [0.05, 0.1) is 7.11 Å². The summed E-state index contributed by atoms with van der Waals surface area (Å²) in [4.78, 5) is 0. The maximum atomic E-state index is 13.5. The van der Waals surface area contributed by atoms with Crippen LogP contribution in [0.5, 0.6) is 5.75 Å². The summed E-state index contributed by atoms with van der Waals surface area (Å²) in [6.45, 7) is 0.758. The maximum Gasteiger partial charge on any atom is 0.165 e. The summed E-state index contributed by atoms with van der Waals surface area (Å²) >= 11 is 0. The Bertz CT molecular complexity index is 361. The Balaban J connectivity index is 1.99. The Morgan fingerprint density at radius 3 is 2.75 bits per heavy atom. The molecule has 0 bridgehead atoms. The first-order valence-corrected chi connectivity index (χ1v) is 5.78. The third-order valence-electron chi connectivity index (χ3n) is 3.46. The van der Waals surface area contributed by atoms with E-state index >= 15 is 0 Å². The minimum atomic E-state index is -0.262. The van der Waals surface area contributed by atoms with Gasteiger partial charge in [0, 0.05) is 0 Å². The van der Waals surface area contributed by atoms with Crippen LogP contribution in [0.15, 0.2) is 18.2 Å². The van der Waals surface area contributed by atoms with Gasteiger partial charge in [-0.1, -0.05) is 6.07 Å². The highest BCUT2D eigenvalue weighted by molar-refractivity contribution is 5.32. The summed E-state index contributed by atoms with van der Waals surface area (Å²) in [6, 6.07) is 5.27. The Kier molecular flexibility index (Phi) is 3.44. The summed E-state index contributed by atoms with van der Waals surface area (Å²) in [5.74, 6) is 1.31. The number of hydrogen-bond acceptors (Lipinski definition) is 2. The van der Waals surface area contributed by atoms with Gasteiger partial charge in [-0.25, -0.2) is 4.39 Å². The molecular formula is C13H18FNO. The fraction of sp³-hybridized carbons (Fsp3) is 0.538. The van der Waals surface area contributed by atoms with E-state index < -0.39 is 0 Å². The van der Waals surface area contributed by atoms with Crippen molar-refractivity contribution in [3.8, 4) is 5.75 Å². The lowest BCUT2D eigenvalue weighted by atomic mass is 9.70. The molecule has 0 spiro atoms. The Labute approximate surface area is 95.6 Å². The first kappa shape index (κ1) is 11.4. The van der Waals surface area contributed by atoms with Crippen LogP contribution in [0, 0.1) is 11.7 Å². The van der Waals surface area contributed by atoms with E-state index in [0.717, 1.165) is 37.3 Å². The predicted molar refractivity (Wildman–Crippen MR) is 62.1 cm³/mol. The molecular weight excluding hydrogens is 205 g/mol. The van der Waals surface area contributed by atoms with Crippen molar-refractivity contribution >= 4 is 0 Å². The molecule has 0 saturated heterocycles. The lowest BCUT2D eigenvalue weighted by Gasteiger charge is -2.35. The monoisotopic (exact) mass is 223 g/mol. The van der Waals surface area contributed by atoms with Crippen LogP contribution in [-0.2, 0) is 0 Å². The molecule has 88 valence electrons. The summed E-state index contributed by atoms with van der Waals surface area (Å²) in [5.41, 5.74) is 6.60. The summed E-state index contributed by atoms with van der Waals surface area (Å²) in [5, 5.41) is 0. The third kappa shape index (κ3) is 2.19. The van der Waals surface area contributed by atoms with Crippen LogP contribution in [0.1, 0.15) is 30.7 Å². The number of methoxy groups -OCH3 is 1. The number of ether oxygens (including phenoxy) is 1. The van der Waals surface area contributed by atoms with Gasteiger partial charge in [0.25, 0.3) is 0 Å². The maximum absolute atomic E-state index is 13.5. The Hall–Kier alpha value is -1.09. The van der Waals surface area contributed by atoms with Gasteiger partial charge in [0.1, 0.15) is 0 Å². The van der Waals surface area contributed by atoms with E-state index in [9.17, 15) is 4.39 Å². The van der Waals surface area contributed by atoms with Gasteiger partial charge < -0.3 is 10.5 Å². The quantitative estimate of drug-likeness (QED) is 0.851. The minimum Gasteiger partial charge on any atom is -0.494 e. The van der Waals surface area contributed by atoms with Crippen molar-refractivity contribution < 1.29 is 9.13 Å².